The van der Waals surface area contributed by atoms with Gasteiger partial charge in [-0.1, -0.05) is 48.9 Å². The van der Waals surface area contributed by atoms with E-state index in [1.807, 2.05) is 6.92 Å². The van der Waals surface area contributed by atoms with Gasteiger partial charge in [-0.15, -0.1) is 0 Å². The number of nitrogens with one attached hydrogen (secondary N) is 1. The normalized spacial score (nSPS) is 12.4. The fourth-order valence-corrected chi connectivity index (χ4v) is 2.85. The van der Waals surface area contributed by atoms with E-state index in [2.05, 4.69) is 62.5 Å². The van der Waals surface area contributed by atoms with Crippen molar-refractivity contribution in [2.45, 2.75) is 33.7 Å². The van der Waals surface area contributed by atoms with E-state index in [9.17, 15) is 0 Å². The molecule has 1 unspecified atom stereocenters. The Bertz CT molecular complexity index is 584. The minimum absolute atomic E-state index is 0.194. The summed E-state index contributed by atoms with van der Waals surface area (Å²) in [7, 11) is 0. The average molecular weight is 288 g/mol. The van der Waals surface area contributed by atoms with Crippen molar-refractivity contribution >= 4 is 11.6 Å². The van der Waals surface area contributed by atoms with Gasteiger partial charge in [0.25, 0.3) is 0 Å². The van der Waals surface area contributed by atoms with E-state index in [1.165, 1.54) is 22.3 Å². The highest BCUT2D eigenvalue weighted by Gasteiger charge is 2.17. The van der Waals surface area contributed by atoms with Crippen LogP contribution in [0, 0.1) is 20.8 Å². The Morgan fingerprint density at radius 2 is 1.65 bits per heavy atom. The molecule has 0 aliphatic heterocycles. The van der Waals surface area contributed by atoms with Crippen molar-refractivity contribution in [2.24, 2.45) is 0 Å². The van der Waals surface area contributed by atoms with Crippen LogP contribution in [0.1, 0.15) is 40.8 Å². The molecule has 0 saturated heterocycles. The molecule has 0 fully saturated rings. The van der Waals surface area contributed by atoms with E-state index >= 15 is 0 Å². The van der Waals surface area contributed by atoms with E-state index in [0.29, 0.717) is 0 Å². The summed E-state index contributed by atoms with van der Waals surface area (Å²) in [6, 6.07) is 13.0. The quantitative estimate of drug-likeness (QED) is 0.838. The zero-order chi connectivity index (χ0) is 14.7. The van der Waals surface area contributed by atoms with Crippen LogP contribution < -0.4 is 5.32 Å². The lowest BCUT2D eigenvalue weighted by Gasteiger charge is -2.23. The van der Waals surface area contributed by atoms with Gasteiger partial charge in [-0.2, -0.15) is 0 Å². The first-order valence-electron chi connectivity index (χ1n) is 7.10. The van der Waals surface area contributed by atoms with Gasteiger partial charge >= 0.3 is 0 Å². The van der Waals surface area contributed by atoms with Crippen molar-refractivity contribution in [3.63, 3.8) is 0 Å². The van der Waals surface area contributed by atoms with Crippen LogP contribution in [0.25, 0.3) is 0 Å². The molecule has 0 aromatic heterocycles. The summed E-state index contributed by atoms with van der Waals surface area (Å²) in [5.74, 6) is 0. The van der Waals surface area contributed by atoms with Crippen LogP contribution in [0.5, 0.6) is 0 Å². The molecule has 0 aliphatic carbocycles. The lowest BCUT2D eigenvalue weighted by atomic mass is 9.91. The smallest absolute Gasteiger partial charge is 0.0582 e. The highest BCUT2D eigenvalue weighted by Crippen LogP contribution is 2.30. The van der Waals surface area contributed by atoms with E-state index in [0.717, 1.165) is 17.1 Å². The van der Waals surface area contributed by atoms with Gasteiger partial charge in [0.15, 0.2) is 0 Å². The largest absolute Gasteiger partial charge is 0.307 e. The zero-order valence-corrected chi connectivity index (χ0v) is 13.4. The van der Waals surface area contributed by atoms with Crippen molar-refractivity contribution in [3.05, 3.63) is 69.2 Å². The van der Waals surface area contributed by atoms with Gasteiger partial charge in [0.05, 0.1) is 6.04 Å². The van der Waals surface area contributed by atoms with Crippen LogP contribution in [0.2, 0.25) is 5.02 Å². The molecule has 20 heavy (non-hydrogen) atoms. The zero-order valence-electron chi connectivity index (χ0n) is 12.6. The van der Waals surface area contributed by atoms with Crippen LogP contribution in [0.3, 0.4) is 0 Å². The molecule has 1 N–H and O–H groups in total. The standard InChI is InChI=1S/C18H22ClN/c1-5-20-18(15-10-9-12(2)16(19)11-15)17-13(3)7-6-8-14(17)4/h6-11,18,20H,5H2,1-4H3. The number of rotatable bonds is 4. The summed E-state index contributed by atoms with van der Waals surface area (Å²) in [6.07, 6.45) is 0. The molecular weight excluding hydrogens is 266 g/mol. The Hall–Kier alpha value is -1.31. The predicted octanol–water partition coefficient (Wildman–Crippen LogP) is 4.96. The van der Waals surface area contributed by atoms with E-state index in [-0.39, 0.29) is 6.04 Å². The summed E-state index contributed by atoms with van der Waals surface area (Å²) in [5.41, 5.74) is 6.32. The first kappa shape index (κ1) is 15.1. The minimum atomic E-state index is 0.194. The third kappa shape index (κ3) is 3.05. The van der Waals surface area contributed by atoms with Crippen LogP contribution >= 0.6 is 11.6 Å². The molecule has 0 heterocycles. The molecular formula is C18H22ClN. The minimum Gasteiger partial charge on any atom is -0.307 e. The number of halogens is 1. The van der Waals surface area contributed by atoms with Crippen molar-refractivity contribution in [3.8, 4) is 0 Å². The molecule has 0 saturated carbocycles. The number of hydrogen-bond acceptors (Lipinski definition) is 1. The highest BCUT2D eigenvalue weighted by molar-refractivity contribution is 6.31. The van der Waals surface area contributed by atoms with Crippen LogP contribution in [0.4, 0.5) is 0 Å². The van der Waals surface area contributed by atoms with E-state index in [1.54, 1.807) is 0 Å². The second kappa shape index (κ2) is 6.43. The monoisotopic (exact) mass is 287 g/mol. The van der Waals surface area contributed by atoms with Gasteiger partial charge in [-0.3, -0.25) is 0 Å². The summed E-state index contributed by atoms with van der Waals surface area (Å²) >= 11 is 6.30. The first-order chi connectivity index (χ1) is 9.54. The van der Waals surface area contributed by atoms with Gasteiger partial charge in [0, 0.05) is 5.02 Å². The molecule has 2 rings (SSSR count). The third-order valence-electron chi connectivity index (χ3n) is 3.77. The SMILES string of the molecule is CCNC(c1ccc(C)c(Cl)c1)c1c(C)cccc1C. The lowest BCUT2D eigenvalue weighted by molar-refractivity contribution is 0.624. The molecule has 2 aromatic rings. The maximum absolute atomic E-state index is 6.30. The molecule has 1 nitrogen and oxygen atoms in total. The second-order valence-electron chi connectivity index (χ2n) is 5.30. The molecule has 0 amide bonds. The average Bonchev–Trinajstić information content (AvgIpc) is 2.41. The first-order valence-corrected chi connectivity index (χ1v) is 7.48. The number of benzene rings is 2. The van der Waals surface area contributed by atoms with Crippen LogP contribution in [0.15, 0.2) is 36.4 Å². The second-order valence-corrected chi connectivity index (χ2v) is 5.71. The van der Waals surface area contributed by atoms with Crippen LogP contribution in [-0.4, -0.2) is 6.54 Å². The highest BCUT2D eigenvalue weighted by atomic mass is 35.5. The summed E-state index contributed by atoms with van der Waals surface area (Å²) in [4.78, 5) is 0. The molecule has 2 heteroatoms. The Morgan fingerprint density at radius 3 is 2.20 bits per heavy atom. The Morgan fingerprint density at radius 1 is 1.00 bits per heavy atom. The van der Waals surface area contributed by atoms with Gasteiger partial charge in [-0.05, 0) is 61.2 Å². The molecule has 0 aliphatic rings. The van der Waals surface area contributed by atoms with Crippen molar-refractivity contribution in [1.82, 2.24) is 5.32 Å². The third-order valence-corrected chi connectivity index (χ3v) is 4.18. The fourth-order valence-electron chi connectivity index (χ4n) is 2.66. The molecule has 0 bridgehead atoms. The van der Waals surface area contributed by atoms with Gasteiger partial charge in [0.2, 0.25) is 0 Å². The molecule has 0 spiro atoms. The Kier molecular flexibility index (Phi) is 4.85. The number of aryl methyl sites for hydroxylation is 3. The maximum Gasteiger partial charge on any atom is 0.0582 e. The molecule has 1 atom stereocenters. The van der Waals surface area contributed by atoms with E-state index in [4.69, 9.17) is 11.6 Å². The summed E-state index contributed by atoms with van der Waals surface area (Å²) < 4.78 is 0. The Balaban J connectivity index is 2.53. The van der Waals surface area contributed by atoms with Gasteiger partial charge in [0.1, 0.15) is 0 Å². The fraction of sp³-hybridized carbons (Fsp3) is 0.333. The molecule has 0 radical (unpaired) electrons. The van der Waals surface area contributed by atoms with Crippen molar-refractivity contribution in [1.29, 1.82) is 0 Å². The maximum atomic E-state index is 6.30. The van der Waals surface area contributed by atoms with Crippen molar-refractivity contribution < 1.29 is 0 Å². The van der Waals surface area contributed by atoms with Gasteiger partial charge in [-0.25, -0.2) is 0 Å². The summed E-state index contributed by atoms with van der Waals surface area (Å²) in [6.45, 7) is 9.43. The summed E-state index contributed by atoms with van der Waals surface area (Å²) in [5, 5.41) is 4.42. The van der Waals surface area contributed by atoms with Gasteiger partial charge < -0.3 is 5.32 Å². The number of hydrogen-bond donors (Lipinski definition) is 1. The lowest BCUT2D eigenvalue weighted by Crippen LogP contribution is -2.23. The topological polar surface area (TPSA) is 12.0 Å². The van der Waals surface area contributed by atoms with E-state index < -0.39 is 0 Å². The Labute approximate surface area is 127 Å². The molecule has 106 valence electrons. The van der Waals surface area contributed by atoms with Crippen molar-refractivity contribution in [2.75, 3.05) is 6.54 Å². The predicted molar refractivity (Wildman–Crippen MR) is 87.6 cm³/mol. The molecule has 2 aromatic carbocycles. The van der Waals surface area contributed by atoms with Crippen LogP contribution in [-0.2, 0) is 0 Å².